The van der Waals surface area contributed by atoms with Gasteiger partial charge in [0.15, 0.2) is 0 Å². The minimum absolute atomic E-state index is 0.0287. The van der Waals surface area contributed by atoms with Crippen LogP contribution in [0.2, 0.25) is 0 Å². The molecule has 0 N–H and O–H groups in total. The fourth-order valence-corrected chi connectivity index (χ4v) is 4.02. The van der Waals surface area contributed by atoms with Crippen molar-refractivity contribution in [1.29, 1.82) is 0 Å². The first kappa shape index (κ1) is 21.5. The summed E-state index contributed by atoms with van der Waals surface area (Å²) in [6.45, 7) is 6.06. The maximum absolute atomic E-state index is 13.1. The summed E-state index contributed by atoms with van der Waals surface area (Å²) < 4.78 is 17.6. The molecule has 3 rings (SSSR count). The number of rotatable bonds is 5. The molecule has 0 spiro atoms. The van der Waals surface area contributed by atoms with Gasteiger partial charge in [0.25, 0.3) is 0 Å². The Hall–Kier alpha value is -2.21. The molecule has 0 fully saturated rings. The predicted octanol–water partition coefficient (Wildman–Crippen LogP) is 5.37. The van der Waals surface area contributed by atoms with Gasteiger partial charge in [0, 0.05) is 22.1 Å². The molecule has 0 radical (unpaired) electrons. The van der Waals surface area contributed by atoms with E-state index in [-0.39, 0.29) is 12.1 Å². The molecule has 1 amide bonds. The summed E-state index contributed by atoms with van der Waals surface area (Å²) in [6, 6.07) is 12.0. The molecule has 0 saturated carbocycles. The lowest BCUT2D eigenvalue weighted by Gasteiger charge is -2.32. The zero-order chi connectivity index (χ0) is 21.2. The molecule has 156 valence electrons. The lowest BCUT2D eigenvalue weighted by molar-refractivity contribution is 0.0147. The monoisotopic (exact) mass is 461 g/mol. The molecule has 5 nitrogen and oxygen atoms in total. The van der Waals surface area contributed by atoms with Gasteiger partial charge in [-0.2, -0.15) is 0 Å². The van der Waals surface area contributed by atoms with Crippen LogP contribution in [0.4, 0.5) is 4.79 Å². The summed E-state index contributed by atoms with van der Waals surface area (Å²) >= 11 is 3.54. The molecule has 1 unspecified atom stereocenters. The lowest BCUT2D eigenvalue weighted by atomic mass is 10.1. The number of methoxy groups -OCH3 is 2. The number of fused-ring (bicyclic) bond motifs is 1. The normalized spacial score (nSPS) is 15.6. The molecule has 1 aliphatic carbocycles. The van der Waals surface area contributed by atoms with Gasteiger partial charge >= 0.3 is 6.09 Å². The molecule has 0 bridgehead atoms. The van der Waals surface area contributed by atoms with E-state index in [4.69, 9.17) is 14.2 Å². The second kappa shape index (κ2) is 8.66. The Labute approximate surface area is 181 Å². The maximum Gasteiger partial charge on any atom is 0.410 e. The molecule has 1 aliphatic rings. The van der Waals surface area contributed by atoms with E-state index in [1.807, 2.05) is 49.9 Å². The van der Waals surface area contributed by atoms with Gasteiger partial charge in [0.1, 0.15) is 17.1 Å². The highest BCUT2D eigenvalue weighted by atomic mass is 79.9. The van der Waals surface area contributed by atoms with E-state index in [2.05, 4.69) is 28.1 Å². The van der Waals surface area contributed by atoms with Crippen LogP contribution in [0.25, 0.3) is 0 Å². The Balaban J connectivity index is 1.89. The van der Waals surface area contributed by atoms with Crippen molar-refractivity contribution in [3.8, 4) is 11.5 Å². The van der Waals surface area contributed by atoms with Crippen molar-refractivity contribution in [3.05, 3.63) is 57.6 Å². The highest BCUT2D eigenvalue weighted by Crippen LogP contribution is 2.32. The van der Waals surface area contributed by atoms with Crippen molar-refractivity contribution in [2.45, 2.75) is 51.8 Å². The molecule has 2 aromatic carbocycles. The molecular formula is C23H28BrNO4. The third-order valence-electron chi connectivity index (χ3n) is 4.98. The zero-order valence-electron chi connectivity index (χ0n) is 17.6. The number of halogens is 1. The van der Waals surface area contributed by atoms with E-state index in [1.54, 1.807) is 14.2 Å². The standard InChI is InChI=1S/C23H28BrNO4/c1-23(2,3)29-22(26)25(14-16-7-9-20(27-4)13-21(16)28-5)19-11-15-6-8-18(24)10-17(15)12-19/h6-10,13,19H,11-12,14H2,1-5H3. The van der Waals surface area contributed by atoms with Gasteiger partial charge in [0.05, 0.1) is 20.8 Å². The fourth-order valence-electron chi connectivity index (χ4n) is 3.61. The summed E-state index contributed by atoms with van der Waals surface area (Å²) in [4.78, 5) is 14.9. The van der Waals surface area contributed by atoms with Crippen LogP contribution in [0, 0.1) is 0 Å². The lowest BCUT2D eigenvalue weighted by Crippen LogP contribution is -2.43. The maximum atomic E-state index is 13.1. The van der Waals surface area contributed by atoms with Gasteiger partial charge in [-0.15, -0.1) is 0 Å². The van der Waals surface area contributed by atoms with E-state index in [1.165, 1.54) is 11.1 Å². The molecular weight excluding hydrogens is 434 g/mol. The van der Waals surface area contributed by atoms with E-state index >= 15 is 0 Å². The average Bonchev–Trinajstić information content (AvgIpc) is 3.07. The Morgan fingerprint density at radius 3 is 2.45 bits per heavy atom. The van der Waals surface area contributed by atoms with Gasteiger partial charge in [-0.25, -0.2) is 4.79 Å². The molecule has 6 heteroatoms. The molecule has 1 atom stereocenters. The first-order valence-corrected chi connectivity index (χ1v) is 10.5. The van der Waals surface area contributed by atoms with Crippen LogP contribution in [-0.4, -0.2) is 36.9 Å². The van der Waals surface area contributed by atoms with E-state index < -0.39 is 5.60 Å². The number of nitrogens with zero attached hydrogens (tertiary/aromatic N) is 1. The second-order valence-corrected chi connectivity index (χ2v) is 9.18. The minimum atomic E-state index is -0.562. The van der Waals surface area contributed by atoms with Crippen LogP contribution in [0.15, 0.2) is 40.9 Å². The van der Waals surface area contributed by atoms with Crippen LogP contribution in [0.3, 0.4) is 0 Å². The molecule has 0 aliphatic heterocycles. The highest BCUT2D eigenvalue weighted by molar-refractivity contribution is 9.10. The summed E-state index contributed by atoms with van der Waals surface area (Å²) in [5, 5.41) is 0. The van der Waals surface area contributed by atoms with Crippen molar-refractivity contribution in [3.63, 3.8) is 0 Å². The van der Waals surface area contributed by atoms with Gasteiger partial charge in [-0.3, -0.25) is 0 Å². The Morgan fingerprint density at radius 2 is 1.79 bits per heavy atom. The average molecular weight is 462 g/mol. The number of carbonyl (C=O) groups excluding carboxylic acids is 1. The first-order chi connectivity index (χ1) is 13.7. The van der Waals surface area contributed by atoms with Crippen molar-refractivity contribution >= 4 is 22.0 Å². The van der Waals surface area contributed by atoms with Gasteiger partial charge in [-0.1, -0.05) is 22.0 Å². The number of hydrogen-bond acceptors (Lipinski definition) is 4. The fraction of sp³-hybridized carbons (Fsp3) is 0.435. The molecule has 0 aromatic heterocycles. The Morgan fingerprint density at radius 1 is 1.07 bits per heavy atom. The van der Waals surface area contributed by atoms with Gasteiger partial charge in [-0.05, 0) is 69.0 Å². The van der Waals surface area contributed by atoms with Crippen LogP contribution in [0.5, 0.6) is 11.5 Å². The molecule has 0 saturated heterocycles. The third-order valence-corrected chi connectivity index (χ3v) is 5.48. The van der Waals surface area contributed by atoms with Gasteiger partial charge in [0.2, 0.25) is 0 Å². The van der Waals surface area contributed by atoms with Crippen LogP contribution in [0.1, 0.15) is 37.5 Å². The number of carbonyl (C=O) groups is 1. The Kier molecular flexibility index (Phi) is 6.42. The number of benzene rings is 2. The largest absolute Gasteiger partial charge is 0.497 e. The molecule has 29 heavy (non-hydrogen) atoms. The van der Waals surface area contributed by atoms with Crippen molar-refractivity contribution in [1.82, 2.24) is 4.90 Å². The van der Waals surface area contributed by atoms with Crippen LogP contribution >= 0.6 is 15.9 Å². The second-order valence-electron chi connectivity index (χ2n) is 8.26. The topological polar surface area (TPSA) is 48.0 Å². The van der Waals surface area contributed by atoms with Crippen molar-refractivity contribution in [2.24, 2.45) is 0 Å². The smallest absolute Gasteiger partial charge is 0.410 e. The summed E-state index contributed by atoms with van der Waals surface area (Å²) in [6.07, 6.45) is 1.29. The minimum Gasteiger partial charge on any atom is -0.497 e. The highest BCUT2D eigenvalue weighted by Gasteiger charge is 2.33. The molecule has 0 heterocycles. The van der Waals surface area contributed by atoms with E-state index in [9.17, 15) is 4.79 Å². The number of amides is 1. The molecule has 2 aromatic rings. The number of hydrogen-bond donors (Lipinski definition) is 0. The Bertz CT molecular complexity index is 891. The van der Waals surface area contributed by atoms with Crippen LogP contribution in [-0.2, 0) is 24.1 Å². The van der Waals surface area contributed by atoms with Crippen molar-refractivity contribution in [2.75, 3.05) is 14.2 Å². The SMILES string of the molecule is COc1ccc(CN(C(=O)OC(C)(C)C)C2Cc3ccc(Br)cc3C2)c(OC)c1. The predicted molar refractivity (Wildman–Crippen MR) is 117 cm³/mol. The number of ether oxygens (including phenoxy) is 3. The first-order valence-electron chi connectivity index (χ1n) is 9.68. The van der Waals surface area contributed by atoms with Gasteiger partial charge < -0.3 is 19.1 Å². The van der Waals surface area contributed by atoms with E-state index in [0.29, 0.717) is 18.0 Å². The summed E-state index contributed by atoms with van der Waals surface area (Å²) in [5.74, 6) is 1.41. The zero-order valence-corrected chi connectivity index (χ0v) is 19.2. The quantitative estimate of drug-likeness (QED) is 0.600. The van der Waals surface area contributed by atoms with E-state index in [0.717, 1.165) is 22.9 Å². The third kappa shape index (κ3) is 5.24. The van der Waals surface area contributed by atoms with Crippen molar-refractivity contribution < 1.29 is 19.0 Å². The van der Waals surface area contributed by atoms with Crippen LogP contribution < -0.4 is 9.47 Å². The summed E-state index contributed by atoms with van der Waals surface area (Å²) in [7, 11) is 3.24. The summed E-state index contributed by atoms with van der Waals surface area (Å²) in [5.41, 5.74) is 2.89.